The monoisotopic (exact) mass is 657 g/mol. The van der Waals surface area contributed by atoms with Crippen LogP contribution in [0.15, 0.2) is 79.1 Å². The second-order valence-electron chi connectivity index (χ2n) is 11.5. The first kappa shape index (κ1) is 32.3. The molecule has 2 aliphatic rings. The minimum atomic E-state index is -1.29. The molecule has 48 heavy (non-hydrogen) atoms. The van der Waals surface area contributed by atoms with E-state index in [9.17, 15) is 18.8 Å². The van der Waals surface area contributed by atoms with E-state index in [1.165, 1.54) is 35.4 Å². The van der Waals surface area contributed by atoms with Gasteiger partial charge in [0, 0.05) is 49.7 Å². The van der Waals surface area contributed by atoms with Crippen LogP contribution in [0.3, 0.4) is 0 Å². The standard InChI is InChI=1S/C34H33F2N7O5/c1-21(2)42-20-27(33(45)43(34(42)46)24-6-3-22(35)4-7-24)32(44)39-23-5-9-29(28(36)17-23)48-26-11-12-37-31(18-26)40-30-10-8-25(19-38-30)41-13-15-47-16-14-41/h3-12,17-19,21,27H,13-16,20H2,1-2H3,(H,39,44)(H,37,38,40). The van der Waals surface area contributed by atoms with Crippen LogP contribution in [-0.4, -0.2) is 71.6 Å². The van der Waals surface area contributed by atoms with Crippen molar-refractivity contribution in [2.75, 3.05) is 53.3 Å². The lowest BCUT2D eigenvalue weighted by molar-refractivity contribution is -0.132. The Bertz CT molecular complexity index is 1800. The Labute approximate surface area is 275 Å². The number of anilines is 5. The molecule has 0 bridgehead atoms. The lowest BCUT2D eigenvalue weighted by Gasteiger charge is -2.39. The number of benzene rings is 2. The van der Waals surface area contributed by atoms with Crippen molar-refractivity contribution in [1.82, 2.24) is 14.9 Å². The fourth-order valence-electron chi connectivity index (χ4n) is 5.35. The Kier molecular flexibility index (Phi) is 9.43. The van der Waals surface area contributed by atoms with E-state index in [0.29, 0.717) is 30.6 Å². The number of carbonyl (C=O) groups excluding carboxylic acids is 3. The number of pyridine rings is 2. The Morgan fingerprint density at radius 1 is 0.938 bits per heavy atom. The molecule has 2 fully saturated rings. The highest BCUT2D eigenvalue weighted by atomic mass is 19.1. The van der Waals surface area contributed by atoms with Crippen LogP contribution in [0.1, 0.15) is 13.8 Å². The minimum absolute atomic E-state index is 0.0858. The molecule has 2 saturated heterocycles. The van der Waals surface area contributed by atoms with Crippen molar-refractivity contribution in [3.63, 3.8) is 0 Å². The molecular formula is C34H33F2N7O5. The summed E-state index contributed by atoms with van der Waals surface area (Å²) in [5, 5.41) is 5.68. The zero-order valence-corrected chi connectivity index (χ0v) is 26.2. The molecule has 2 aromatic carbocycles. The number of ether oxygens (including phenoxy) is 2. The van der Waals surface area contributed by atoms with Gasteiger partial charge in [-0.25, -0.2) is 28.4 Å². The molecule has 2 aliphatic heterocycles. The van der Waals surface area contributed by atoms with Crippen molar-refractivity contribution < 1.29 is 32.6 Å². The van der Waals surface area contributed by atoms with E-state index in [4.69, 9.17) is 9.47 Å². The number of carbonyl (C=O) groups is 3. The lowest BCUT2D eigenvalue weighted by atomic mass is 10.0. The van der Waals surface area contributed by atoms with Gasteiger partial charge in [-0.3, -0.25) is 9.59 Å². The summed E-state index contributed by atoms with van der Waals surface area (Å²) < 4.78 is 39.9. The number of aromatic nitrogens is 2. The smallest absolute Gasteiger partial charge is 0.331 e. The van der Waals surface area contributed by atoms with Gasteiger partial charge in [0.15, 0.2) is 11.6 Å². The number of morpholine rings is 1. The number of nitrogens with zero attached hydrogens (tertiary/aromatic N) is 5. The number of urea groups is 1. The zero-order chi connectivity index (χ0) is 33.8. The molecule has 1 atom stereocenters. The number of halogens is 2. The number of hydrogen-bond donors (Lipinski definition) is 2. The van der Waals surface area contributed by atoms with Crippen LogP contribution in [0.5, 0.6) is 11.5 Å². The SMILES string of the molecule is CC(C)N1CC(C(=O)Nc2ccc(Oc3ccnc(Nc4ccc(N5CCOCC5)cn4)c3)c(F)c2)C(=O)N(c2ccc(F)cc2)C1=O. The van der Waals surface area contributed by atoms with Gasteiger partial charge in [0.05, 0.1) is 30.8 Å². The number of amides is 4. The maximum Gasteiger partial charge on any atom is 0.331 e. The molecule has 14 heteroatoms. The van der Waals surface area contributed by atoms with Crippen LogP contribution in [0, 0.1) is 17.6 Å². The van der Waals surface area contributed by atoms with Crippen molar-refractivity contribution in [3.05, 3.63) is 90.8 Å². The second kappa shape index (κ2) is 14.0. The summed E-state index contributed by atoms with van der Waals surface area (Å²) in [7, 11) is 0. The molecule has 1 unspecified atom stereocenters. The van der Waals surface area contributed by atoms with Crippen LogP contribution in [-0.2, 0) is 14.3 Å². The van der Waals surface area contributed by atoms with Gasteiger partial charge in [0.2, 0.25) is 11.8 Å². The predicted molar refractivity (Wildman–Crippen MR) is 175 cm³/mol. The molecule has 0 spiro atoms. The van der Waals surface area contributed by atoms with Gasteiger partial charge in [-0.05, 0) is 68.4 Å². The maximum atomic E-state index is 15.2. The highest BCUT2D eigenvalue weighted by molar-refractivity contribution is 6.23. The van der Waals surface area contributed by atoms with Crippen LogP contribution in [0.25, 0.3) is 0 Å². The summed E-state index contributed by atoms with van der Waals surface area (Å²) in [5.41, 5.74) is 1.21. The molecule has 248 valence electrons. The van der Waals surface area contributed by atoms with Crippen LogP contribution in [0.2, 0.25) is 0 Å². The highest BCUT2D eigenvalue weighted by Gasteiger charge is 2.44. The highest BCUT2D eigenvalue weighted by Crippen LogP contribution is 2.30. The second-order valence-corrected chi connectivity index (χ2v) is 11.5. The zero-order valence-electron chi connectivity index (χ0n) is 26.2. The number of hydrogen-bond acceptors (Lipinski definition) is 9. The average molecular weight is 658 g/mol. The van der Waals surface area contributed by atoms with Gasteiger partial charge in [0.1, 0.15) is 29.1 Å². The van der Waals surface area contributed by atoms with E-state index in [-0.39, 0.29) is 29.7 Å². The topological polar surface area (TPSA) is 129 Å². The van der Waals surface area contributed by atoms with Crippen molar-refractivity contribution in [2.24, 2.45) is 5.92 Å². The molecule has 12 nitrogen and oxygen atoms in total. The molecular weight excluding hydrogens is 624 g/mol. The summed E-state index contributed by atoms with van der Waals surface area (Å²) >= 11 is 0. The predicted octanol–water partition coefficient (Wildman–Crippen LogP) is 5.56. The van der Waals surface area contributed by atoms with Gasteiger partial charge in [-0.15, -0.1) is 0 Å². The summed E-state index contributed by atoms with van der Waals surface area (Å²) in [6.45, 7) is 6.29. The molecule has 6 rings (SSSR count). The molecule has 4 heterocycles. The molecule has 4 amide bonds. The van der Waals surface area contributed by atoms with Crippen LogP contribution in [0.4, 0.5) is 42.3 Å². The maximum absolute atomic E-state index is 15.2. The number of rotatable bonds is 9. The molecule has 2 N–H and O–H groups in total. The summed E-state index contributed by atoms with van der Waals surface area (Å²) in [4.78, 5) is 53.0. The largest absolute Gasteiger partial charge is 0.454 e. The summed E-state index contributed by atoms with van der Waals surface area (Å²) in [5.74, 6) is -2.88. The first-order valence-corrected chi connectivity index (χ1v) is 15.4. The Balaban J connectivity index is 1.11. The van der Waals surface area contributed by atoms with Crippen molar-refractivity contribution in [1.29, 1.82) is 0 Å². The first-order valence-electron chi connectivity index (χ1n) is 15.4. The van der Waals surface area contributed by atoms with Crippen molar-refractivity contribution in [2.45, 2.75) is 19.9 Å². The van der Waals surface area contributed by atoms with E-state index < -0.39 is 35.4 Å². The van der Waals surface area contributed by atoms with Crippen LogP contribution >= 0.6 is 0 Å². The van der Waals surface area contributed by atoms with E-state index >= 15 is 4.39 Å². The van der Waals surface area contributed by atoms with Crippen molar-refractivity contribution in [3.8, 4) is 11.5 Å². The van der Waals surface area contributed by atoms with E-state index in [0.717, 1.165) is 41.9 Å². The van der Waals surface area contributed by atoms with E-state index in [2.05, 4.69) is 25.5 Å². The van der Waals surface area contributed by atoms with Gasteiger partial charge < -0.3 is 29.9 Å². The van der Waals surface area contributed by atoms with E-state index in [1.54, 1.807) is 32.2 Å². The molecule has 0 saturated carbocycles. The molecule has 0 radical (unpaired) electrons. The first-order chi connectivity index (χ1) is 23.2. The number of imide groups is 1. The van der Waals surface area contributed by atoms with Crippen LogP contribution < -0.4 is 25.2 Å². The van der Waals surface area contributed by atoms with Crippen molar-refractivity contribution >= 4 is 46.5 Å². The normalized spacial score (nSPS) is 16.7. The van der Waals surface area contributed by atoms with Gasteiger partial charge in [0.25, 0.3) is 0 Å². The molecule has 2 aromatic heterocycles. The summed E-state index contributed by atoms with van der Waals surface area (Å²) in [6, 6.07) is 14.7. The molecule has 0 aliphatic carbocycles. The quantitative estimate of drug-likeness (QED) is 0.222. The van der Waals surface area contributed by atoms with Gasteiger partial charge in [-0.2, -0.15) is 0 Å². The lowest BCUT2D eigenvalue weighted by Crippen LogP contribution is -2.61. The Morgan fingerprint density at radius 2 is 1.69 bits per heavy atom. The summed E-state index contributed by atoms with van der Waals surface area (Å²) in [6.07, 6.45) is 3.28. The minimum Gasteiger partial charge on any atom is -0.454 e. The van der Waals surface area contributed by atoms with Gasteiger partial charge >= 0.3 is 6.03 Å². The van der Waals surface area contributed by atoms with E-state index in [1.807, 2.05) is 12.1 Å². The molecule has 4 aromatic rings. The average Bonchev–Trinajstić information content (AvgIpc) is 3.07. The Morgan fingerprint density at radius 3 is 2.38 bits per heavy atom. The number of nitrogens with one attached hydrogen (secondary N) is 2. The Hall–Kier alpha value is -5.63. The third-order valence-electron chi connectivity index (χ3n) is 7.90. The third-order valence-corrected chi connectivity index (χ3v) is 7.90. The fraction of sp³-hybridized carbons (Fsp3) is 0.265. The fourth-order valence-corrected chi connectivity index (χ4v) is 5.35. The van der Waals surface area contributed by atoms with Gasteiger partial charge in [-0.1, -0.05) is 0 Å². The third kappa shape index (κ3) is 7.18.